The number of unbranched alkanes of at least 4 members (excludes halogenated alkanes) is 6. The number of hydrogen-bond acceptors (Lipinski definition) is 3. The normalized spacial score (nSPS) is 18.7. The van der Waals surface area contributed by atoms with Crippen LogP contribution in [0.5, 0.6) is 0 Å². The molecular formula is C27H36N2S. The molecule has 3 rings (SSSR count). The van der Waals surface area contributed by atoms with Gasteiger partial charge in [-0.05, 0) is 73.5 Å². The molecule has 1 fully saturated rings. The Kier molecular flexibility index (Phi) is 9.73. The third kappa shape index (κ3) is 7.15. The molecule has 2 aromatic rings. The first kappa shape index (κ1) is 22.8. The van der Waals surface area contributed by atoms with Crippen molar-refractivity contribution in [1.82, 2.24) is 4.98 Å². The Balaban J connectivity index is 1.41. The summed E-state index contributed by atoms with van der Waals surface area (Å²) in [6, 6.07) is 12.4. The van der Waals surface area contributed by atoms with Gasteiger partial charge >= 0.3 is 0 Å². The lowest BCUT2D eigenvalue weighted by Gasteiger charge is -2.28. The van der Waals surface area contributed by atoms with Crippen LogP contribution in [-0.2, 0) is 0 Å². The van der Waals surface area contributed by atoms with E-state index in [0.29, 0.717) is 5.92 Å². The molecule has 0 saturated heterocycles. The van der Waals surface area contributed by atoms with E-state index in [0.717, 1.165) is 22.9 Å². The van der Waals surface area contributed by atoms with Crippen LogP contribution in [0.1, 0.15) is 95.5 Å². The molecule has 1 aromatic heterocycles. The van der Waals surface area contributed by atoms with Gasteiger partial charge in [-0.15, -0.1) is 0 Å². The molecular weight excluding hydrogens is 384 g/mol. The number of isothiocyanates is 1. The molecule has 160 valence electrons. The van der Waals surface area contributed by atoms with Gasteiger partial charge in [-0.25, -0.2) is 0 Å². The van der Waals surface area contributed by atoms with Gasteiger partial charge in [-0.3, -0.25) is 4.98 Å². The topological polar surface area (TPSA) is 25.2 Å². The van der Waals surface area contributed by atoms with E-state index in [1.807, 2.05) is 24.3 Å². The third-order valence-electron chi connectivity index (χ3n) is 6.66. The first-order valence-corrected chi connectivity index (χ1v) is 12.3. The van der Waals surface area contributed by atoms with E-state index in [9.17, 15) is 0 Å². The summed E-state index contributed by atoms with van der Waals surface area (Å²) in [7, 11) is 0. The zero-order valence-electron chi connectivity index (χ0n) is 18.5. The quantitative estimate of drug-likeness (QED) is 0.206. The van der Waals surface area contributed by atoms with Gasteiger partial charge in [0.05, 0.1) is 16.5 Å². The minimum atomic E-state index is 0.691. The number of hydrogen-bond donors (Lipinski definition) is 0. The van der Waals surface area contributed by atoms with E-state index in [2.05, 4.69) is 47.6 Å². The predicted molar refractivity (Wildman–Crippen MR) is 132 cm³/mol. The Morgan fingerprint density at radius 3 is 2.23 bits per heavy atom. The molecule has 0 spiro atoms. The summed E-state index contributed by atoms with van der Waals surface area (Å²) in [6.45, 7) is 2.29. The van der Waals surface area contributed by atoms with E-state index in [4.69, 9.17) is 4.98 Å². The maximum Gasteiger partial charge on any atom is 0.0740 e. The molecule has 1 aliphatic rings. The minimum absolute atomic E-state index is 0.691. The number of rotatable bonds is 11. The number of aromatic nitrogens is 1. The van der Waals surface area contributed by atoms with Gasteiger partial charge in [0.25, 0.3) is 0 Å². The maximum atomic E-state index is 4.74. The average molecular weight is 421 g/mol. The van der Waals surface area contributed by atoms with E-state index in [1.165, 1.54) is 82.6 Å². The van der Waals surface area contributed by atoms with Crippen LogP contribution in [0.25, 0.3) is 11.3 Å². The van der Waals surface area contributed by atoms with Crippen LogP contribution >= 0.6 is 12.2 Å². The summed E-state index contributed by atoms with van der Waals surface area (Å²) in [5.41, 5.74) is 4.38. The number of aliphatic imine (C=N–C) groups is 1. The van der Waals surface area contributed by atoms with Gasteiger partial charge in [0.2, 0.25) is 0 Å². The molecule has 30 heavy (non-hydrogen) atoms. The number of nitrogens with zero attached hydrogens (tertiary/aromatic N) is 2. The highest BCUT2D eigenvalue weighted by Crippen LogP contribution is 2.38. The summed E-state index contributed by atoms with van der Waals surface area (Å²) in [5.74, 6) is 1.65. The molecule has 1 heterocycles. The molecule has 0 amide bonds. The van der Waals surface area contributed by atoms with Gasteiger partial charge < -0.3 is 0 Å². The van der Waals surface area contributed by atoms with Crippen molar-refractivity contribution < 1.29 is 0 Å². The summed E-state index contributed by atoms with van der Waals surface area (Å²) >= 11 is 4.66. The zero-order chi connectivity index (χ0) is 21.0. The van der Waals surface area contributed by atoms with Crippen molar-refractivity contribution in [1.29, 1.82) is 0 Å². The maximum absolute atomic E-state index is 4.74. The fourth-order valence-electron chi connectivity index (χ4n) is 4.75. The fraction of sp³-hybridized carbons (Fsp3) is 0.556. The second kappa shape index (κ2) is 12.8. The average Bonchev–Trinajstić information content (AvgIpc) is 2.80. The van der Waals surface area contributed by atoms with Crippen LogP contribution in [0.15, 0.2) is 47.6 Å². The van der Waals surface area contributed by atoms with Crippen molar-refractivity contribution >= 4 is 23.1 Å². The van der Waals surface area contributed by atoms with Crippen LogP contribution < -0.4 is 0 Å². The minimum Gasteiger partial charge on any atom is -0.256 e. The molecule has 1 aliphatic carbocycles. The fourth-order valence-corrected chi connectivity index (χ4v) is 4.86. The van der Waals surface area contributed by atoms with Crippen molar-refractivity contribution in [2.75, 3.05) is 0 Å². The van der Waals surface area contributed by atoms with Crippen molar-refractivity contribution in [2.45, 2.75) is 89.9 Å². The molecule has 1 aromatic carbocycles. The van der Waals surface area contributed by atoms with Gasteiger partial charge in [0.15, 0.2) is 0 Å². The van der Waals surface area contributed by atoms with Gasteiger partial charge in [-0.2, -0.15) is 4.99 Å². The SMILES string of the molecule is CCCCCCCCCC1CCC(c2ccc(-c3ccc(N=C=S)cc3)nc2)CC1. The lowest BCUT2D eigenvalue weighted by molar-refractivity contribution is 0.301. The second-order valence-electron chi connectivity index (χ2n) is 8.85. The molecule has 3 heteroatoms. The van der Waals surface area contributed by atoms with Crippen LogP contribution in [0, 0.1) is 5.92 Å². The van der Waals surface area contributed by atoms with Crippen molar-refractivity contribution in [3.05, 3.63) is 48.2 Å². The highest BCUT2D eigenvalue weighted by atomic mass is 32.1. The number of thiocarbonyl (C=S) groups is 1. The van der Waals surface area contributed by atoms with Gasteiger partial charge in [0.1, 0.15) is 0 Å². The van der Waals surface area contributed by atoms with Crippen LogP contribution in [0.4, 0.5) is 5.69 Å². The molecule has 0 unspecified atom stereocenters. The van der Waals surface area contributed by atoms with Crippen molar-refractivity contribution in [3.63, 3.8) is 0 Å². The molecule has 1 saturated carbocycles. The summed E-state index contributed by atoms with van der Waals surface area (Å²) in [5, 5.41) is 2.41. The van der Waals surface area contributed by atoms with Gasteiger partial charge in [-0.1, -0.05) is 76.5 Å². The van der Waals surface area contributed by atoms with Crippen LogP contribution in [0.3, 0.4) is 0 Å². The number of benzene rings is 1. The van der Waals surface area contributed by atoms with Crippen molar-refractivity contribution in [3.8, 4) is 11.3 Å². The largest absolute Gasteiger partial charge is 0.256 e. The molecule has 0 N–H and O–H groups in total. The molecule has 0 aliphatic heterocycles. The van der Waals surface area contributed by atoms with Crippen LogP contribution in [0.2, 0.25) is 0 Å². The first-order chi connectivity index (χ1) is 14.8. The monoisotopic (exact) mass is 420 g/mol. The predicted octanol–water partition coefficient (Wildman–Crippen LogP) is 8.90. The second-order valence-corrected chi connectivity index (χ2v) is 9.04. The third-order valence-corrected chi connectivity index (χ3v) is 6.75. The van der Waals surface area contributed by atoms with Crippen molar-refractivity contribution in [2.24, 2.45) is 10.9 Å². The highest BCUT2D eigenvalue weighted by Gasteiger charge is 2.22. The Labute approximate surface area is 188 Å². The van der Waals surface area contributed by atoms with Crippen LogP contribution in [-0.4, -0.2) is 10.1 Å². The molecule has 2 nitrogen and oxygen atoms in total. The lowest BCUT2D eigenvalue weighted by atomic mass is 9.77. The Bertz CT molecular complexity index is 783. The zero-order valence-corrected chi connectivity index (χ0v) is 19.3. The first-order valence-electron chi connectivity index (χ1n) is 11.9. The molecule has 0 radical (unpaired) electrons. The van der Waals surface area contributed by atoms with Gasteiger partial charge in [0, 0.05) is 11.8 Å². The van der Waals surface area contributed by atoms with E-state index in [-0.39, 0.29) is 0 Å². The number of pyridine rings is 1. The smallest absolute Gasteiger partial charge is 0.0740 e. The Morgan fingerprint density at radius 2 is 1.60 bits per heavy atom. The lowest BCUT2D eigenvalue weighted by Crippen LogP contribution is -2.13. The van der Waals surface area contributed by atoms with E-state index in [1.54, 1.807) is 0 Å². The molecule has 0 atom stereocenters. The molecule has 0 bridgehead atoms. The van der Waals surface area contributed by atoms with E-state index < -0.39 is 0 Å². The summed E-state index contributed by atoms with van der Waals surface area (Å²) in [4.78, 5) is 8.75. The Morgan fingerprint density at radius 1 is 0.900 bits per heavy atom. The summed E-state index contributed by atoms with van der Waals surface area (Å²) in [6.07, 6.45) is 18.9. The summed E-state index contributed by atoms with van der Waals surface area (Å²) < 4.78 is 0. The van der Waals surface area contributed by atoms with E-state index >= 15 is 0 Å². The highest BCUT2D eigenvalue weighted by molar-refractivity contribution is 7.78. The Hall–Kier alpha value is -1.83. The standard InChI is InChI=1S/C27H36N2S/c1-2-3-4-5-6-7-8-9-22-10-12-23(13-11-22)25-16-19-27(28-20-25)24-14-17-26(18-15-24)29-21-30/h14-20,22-23H,2-13H2,1H3.